The van der Waals surface area contributed by atoms with Gasteiger partial charge in [0, 0.05) is 51.3 Å². The van der Waals surface area contributed by atoms with Crippen molar-refractivity contribution >= 4 is 44.6 Å². The number of benzene rings is 7. The van der Waals surface area contributed by atoms with Crippen LogP contribution in [0, 0.1) is 0 Å². The molecule has 1 aliphatic heterocycles. The highest BCUT2D eigenvalue weighted by atomic mass is 16.5. The summed E-state index contributed by atoms with van der Waals surface area (Å²) in [5, 5.41) is 2.33. The average molecular weight is 823 g/mol. The minimum atomic E-state index is -0.209. The fourth-order valence-corrected chi connectivity index (χ4v) is 9.31. The molecule has 0 saturated carbocycles. The first kappa shape index (κ1) is 40.0. The number of para-hydroxylation sites is 3. The van der Waals surface area contributed by atoms with E-state index < -0.39 is 0 Å². The molecule has 63 heavy (non-hydrogen) atoms. The molecule has 0 bridgehead atoms. The van der Waals surface area contributed by atoms with Crippen LogP contribution in [0.1, 0.15) is 76.3 Å². The molecule has 0 saturated heterocycles. The van der Waals surface area contributed by atoms with Gasteiger partial charge < -0.3 is 14.5 Å². The lowest BCUT2D eigenvalue weighted by Crippen LogP contribution is -2.25. The number of nitrogens with zero attached hydrogens (tertiary/aromatic N) is 4. The predicted molar refractivity (Wildman–Crippen MR) is 263 cm³/mol. The molecule has 5 nitrogen and oxygen atoms in total. The van der Waals surface area contributed by atoms with Gasteiger partial charge >= 0.3 is 0 Å². The summed E-state index contributed by atoms with van der Waals surface area (Å²) in [6.45, 7) is 16.6. The molecule has 0 unspecified atom stereocenters. The first-order chi connectivity index (χ1) is 30.4. The first-order valence-electron chi connectivity index (χ1n) is 22.1. The number of anilines is 4. The van der Waals surface area contributed by atoms with Crippen molar-refractivity contribution < 1.29 is 4.74 Å². The SMILES string of the molecule is CC(C)(C)c1cc(Oc2ccc3c4ccccc4n(-c4cc(C(C)(C)c5ccccc5)ccn4)c3c2)cc(N2CN(c3ccc(C(C)(C)c4ccccc4)cc3)c3ccccc32)c1. The van der Waals surface area contributed by atoms with Crippen LogP contribution in [-0.4, -0.2) is 16.2 Å². The fraction of sp³-hybridized carbons (Fsp3) is 0.190. The third-order valence-electron chi connectivity index (χ3n) is 13.3. The molecule has 0 amide bonds. The Hall–Kier alpha value is -7.11. The van der Waals surface area contributed by atoms with Crippen LogP contribution in [0.4, 0.5) is 22.7 Å². The highest BCUT2D eigenvalue weighted by Crippen LogP contribution is 2.47. The second kappa shape index (κ2) is 15.4. The number of pyridine rings is 1. The molecule has 0 radical (unpaired) electrons. The van der Waals surface area contributed by atoms with Crippen molar-refractivity contribution in [2.24, 2.45) is 0 Å². The minimum Gasteiger partial charge on any atom is -0.457 e. The molecule has 0 fully saturated rings. The van der Waals surface area contributed by atoms with Crippen molar-refractivity contribution in [3.8, 4) is 17.3 Å². The molecule has 0 N–H and O–H groups in total. The summed E-state index contributed by atoms with van der Waals surface area (Å²) < 4.78 is 9.23. The first-order valence-corrected chi connectivity index (χ1v) is 22.1. The Balaban J connectivity index is 1.01. The zero-order chi connectivity index (χ0) is 43.5. The van der Waals surface area contributed by atoms with E-state index in [4.69, 9.17) is 9.72 Å². The summed E-state index contributed by atoms with van der Waals surface area (Å²) in [7, 11) is 0. The van der Waals surface area contributed by atoms with Crippen LogP contribution in [0.25, 0.3) is 27.6 Å². The molecule has 10 rings (SSSR count). The van der Waals surface area contributed by atoms with Crippen LogP contribution in [-0.2, 0) is 16.2 Å². The lowest BCUT2D eigenvalue weighted by Gasteiger charge is -2.28. The van der Waals surface area contributed by atoms with Gasteiger partial charge in [-0.05, 0) is 100.0 Å². The lowest BCUT2D eigenvalue weighted by atomic mass is 9.78. The topological polar surface area (TPSA) is 33.5 Å². The molecule has 0 aliphatic carbocycles. The van der Waals surface area contributed by atoms with E-state index in [0.29, 0.717) is 6.67 Å². The lowest BCUT2D eigenvalue weighted by molar-refractivity contribution is 0.479. The van der Waals surface area contributed by atoms with Crippen LogP contribution in [0.2, 0.25) is 0 Å². The van der Waals surface area contributed by atoms with Crippen LogP contribution >= 0.6 is 0 Å². The van der Waals surface area contributed by atoms with Gasteiger partial charge in [-0.3, -0.25) is 4.57 Å². The normalized spacial score (nSPS) is 13.2. The summed E-state index contributed by atoms with van der Waals surface area (Å²) in [5.74, 6) is 2.45. The van der Waals surface area contributed by atoms with E-state index in [1.807, 2.05) is 6.20 Å². The molecule has 3 heterocycles. The third-order valence-corrected chi connectivity index (χ3v) is 13.3. The molecule has 2 aromatic heterocycles. The van der Waals surface area contributed by atoms with Crippen molar-refractivity contribution in [1.29, 1.82) is 0 Å². The minimum absolute atomic E-state index is 0.110. The Bertz CT molecular complexity index is 3100. The van der Waals surface area contributed by atoms with Gasteiger partial charge in [0.15, 0.2) is 0 Å². The average Bonchev–Trinajstić information content (AvgIpc) is 3.85. The van der Waals surface area contributed by atoms with Crippen molar-refractivity contribution in [2.45, 2.75) is 64.7 Å². The Morgan fingerprint density at radius 2 is 1.00 bits per heavy atom. The van der Waals surface area contributed by atoms with E-state index in [1.165, 1.54) is 44.6 Å². The van der Waals surface area contributed by atoms with Gasteiger partial charge in [-0.2, -0.15) is 0 Å². The Morgan fingerprint density at radius 3 is 1.67 bits per heavy atom. The van der Waals surface area contributed by atoms with Crippen molar-refractivity contribution in [3.63, 3.8) is 0 Å². The molecule has 7 aromatic carbocycles. The fourth-order valence-electron chi connectivity index (χ4n) is 9.31. The Labute approximate surface area is 371 Å². The summed E-state index contributed by atoms with van der Waals surface area (Å²) in [5.41, 5.74) is 12.6. The van der Waals surface area contributed by atoms with E-state index in [1.54, 1.807) is 0 Å². The van der Waals surface area contributed by atoms with Gasteiger partial charge in [0.05, 0.1) is 22.4 Å². The number of hydrogen-bond donors (Lipinski definition) is 0. The number of rotatable bonds is 9. The van der Waals surface area contributed by atoms with Crippen LogP contribution < -0.4 is 14.5 Å². The molecular weight excluding hydrogens is 769 g/mol. The molecular formula is C58H54N4O. The quantitative estimate of drug-likeness (QED) is 0.145. The maximum absolute atomic E-state index is 6.95. The third kappa shape index (κ3) is 7.21. The summed E-state index contributed by atoms with van der Waals surface area (Å²) in [6.07, 6.45) is 1.94. The highest BCUT2D eigenvalue weighted by molar-refractivity contribution is 6.09. The van der Waals surface area contributed by atoms with Gasteiger partial charge in [-0.1, -0.05) is 152 Å². The van der Waals surface area contributed by atoms with Gasteiger partial charge in [0.25, 0.3) is 0 Å². The number of fused-ring (bicyclic) bond motifs is 4. The zero-order valence-corrected chi connectivity index (χ0v) is 37.3. The Morgan fingerprint density at radius 1 is 0.429 bits per heavy atom. The Kier molecular flexibility index (Phi) is 9.75. The van der Waals surface area contributed by atoms with Crippen molar-refractivity contribution in [1.82, 2.24) is 9.55 Å². The van der Waals surface area contributed by atoms with E-state index in [2.05, 4.69) is 245 Å². The second-order valence-corrected chi connectivity index (χ2v) is 19.0. The molecule has 0 atom stereocenters. The second-order valence-electron chi connectivity index (χ2n) is 19.0. The number of aromatic nitrogens is 2. The van der Waals surface area contributed by atoms with Gasteiger partial charge in [-0.15, -0.1) is 0 Å². The number of ether oxygens (including phenoxy) is 1. The van der Waals surface area contributed by atoms with Gasteiger partial charge in [0.1, 0.15) is 24.0 Å². The predicted octanol–water partition coefficient (Wildman–Crippen LogP) is 15.2. The summed E-state index contributed by atoms with van der Waals surface area (Å²) >= 11 is 0. The van der Waals surface area contributed by atoms with E-state index >= 15 is 0 Å². The van der Waals surface area contributed by atoms with Crippen LogP contribution in [0.5, 0.6) is 11.5 Å². The van der Waals surface area contributed by atoms with Gasteiger partial charge in [0.2, 0.25) is 0 Å². The summed E-state index contributed by atoms with van der Waals surface area (Å²) in [6, 6.07) is 65.4. The monoisotopic (exact) mass is 822 g/mol. The van der Waals surface area contributed by atoms with Crippen LogP contribution in [0.15, 0.2) is 188 Å². The molecule has 0 spiro atoms. The standard InChI is InChI=1S/C58H54N4O/c1-56(2,3)44-34-46(61-39-60(52-24-16-17-25-53(52)61)45-28-26-42(27-29-45)57(4,5)40-18-10-8-11-19-40)37-48(35-44)63-47-30-31-50-49-22-14-15-23-51(49)62(54(50)38-47)55-36-43(32-33-59-55)58(6,7)41-20-12-9-13-21-41/h8-38H,39H2,1-7H3. The molecule has 312 valence electrons. The molecule has 9 aromatic rings. The van der Waals surface area contributed by atoms with E-state index in [-0.39, 0.29) is 16.2 Å². The van der Waals surface area contributed by atoms with E-state index in [9.17, 15) is 0 Å². The maximum atomic E-state index is 6.95. The smallest absolute Gasteiger partial charge is 0.137 e. The van der Waals surface area contributed by atoms with Gasteiger partial charge in [-0.25, -0.2) is 4.98 Å². The van der Waals surface area contributed by atoms with Crippen LogP contribution in [0.3, 0.4) is 0 Å². The largest absolute Gasteiger partial charge is 0.457 e. The molecule has 5 heteroatoms. The van der Waals surface area contributed by atoms with E-state index in [0.717, 1.165) is 45.1 Å². The zero-order valence-electron chi connectivity index (χ0n) is 37.3. The number of hydrogen-bond acceptors (Lipinski definition) is 4. The molecule has 1 aliphatic rings. The summed E-state index contributed by atoms with van der Waals surface area (Å²) in [4.78, 5) is 9.81. The van der Waals surface area contributed by atoms with Crippen molar-refractivity contribution in [3.05, 3.63) is 216 Å². The van der Waals surface area contributed by atoms with Crippen molar-refractivity contribution in [2.75, 3.05) is 16.5 Å². The maximum Gasteiger partial charge on any atom is 0.137 e. The highest BCUT2D eigenvalue weighted by Gasteiger charge is 2.31.